The molecule has 25 heavy (non-hydrogen) atoms. The molecule has 0 saturated heterocycles. The molecule has 0 aliphatic heterocycles. The van der Waals surface area contributed by atoms with Crippen LogP contribution in [-0.2, 0) is 21.4 Å². The van der Waals surface area contributed by atoms with E-state index in [0.29, 0.717) is 29.4 Å². The third kappa shape index (κ3) is 4.47. The third-order valence-corrected chi connectivity index (χ3v) is 3.82. The highest BCUT2D eigenvalue weighted by Crippen LogP contribution is 2.25. The molecule has 0 fully saturated rings. The lowest BCUT2D eigenvalue weighted by Crippen LogP contribution is -2.35. The Morgan fingerprint density at radius 3 is 2.28 bits per heavy atom. The van der Waals surface area contributed by atoms with Gasteiger partial charge in [-0.1, -0.05) is 20.8 Å². The smallest absolute Gasteiger partial charge is 0.234 e. The topological polar surface area (TPSA) is 89.4 Å². The molecule has 1 aromatic carbocycles. The minimum Gasteiger partial charge on any atom is -0.445 e. The maximum atomic E-state index is 12.6. The number of hydrogen-bond acceptors (Lipinski definition) is 5. The predicted octanol–water partition coefficient (Wildman–Crippen LogP) is 3.38. The molecule has 0 saturated carbocycles. The lowest BCUT2D eigenvalue weighted by atomic mass is 9.97. The van der Waals surface area contributed by atoms with Gasteiger partial charge in [0.05, 0.1) is 11.4 Å². The number of hydrogen-bond donors (Lipinski definition) is 1. The van der Waals surface area contributed by atoms with Crippen LogP contribution >= 0.6 is 0 Å². The number of nitrogens with two attached hydrogens (primary N) is 1. The van der Waals surface area contributed by atoms with Crippen LogP contribution in [0.1, 0.15) is 51.5 Å². The number of anilines is 2. The van der Waals surface area contributed by atoms with Gasteiger partial charge in [0.2, 0.25) is 11.8 Å². The van der Waals surface area contributed by atoms with E-state index in [2.05, 4.69) is 4.98 Å². The first kappa shape index (κ1) is 18.7. The molecule has 0 atom stereocenters. The van der Waals surface area contributed by atoms with Crippen molar-refractivity contribution in [2.45, 2.75) is 52.9 Å². The fraction of sp³-hybridized carbons (Fsp3) is 0.421. The van der Waals surface area contributed by atoms with Gasteiger partial charge in [0.15, 0.2) is 5.89 Å². The van der Waals surface area contributed by atoms with E-state index in [1.54, 1.807) is 24.3 Å². The van der Waals surface area contributed by atoms with Gasteiger partial charge < -0.3 is 10.2 Å². The second-order valence-electron chi connectivity index (χ2n) is 7.12. The molecular formula is C19H25N3O3. The van der Waals surface area contributed by atoms with E-state index in [4.69, 9.17) is 10.2 Å². The van der Waals surface area contributed by atoms with E-state index in [9.17, 15) is 9.59 Å². The van der Waals surface area contributed by atoms with E-state index in [0.717, 1.165) is 10.6 Å². The van der Waals surface area contributed by atoms with Crippen molar-refractivity contribution in [2.24, 2.45) is 0 Å². The predicted molar refractivity (Wildman–Crippen MR) is 97.3 cm³/mol. The van der Waals surface area contributed by atoms with Gasteiger partial charge >= 0.3 is 0 Å². The Balaban J connectivity index is 2.13. The Morgan fingerprint density at radius 2 is 1.80 bits per heavy atom. The normalized spacial score (nSPS) is 11.4. The maximum absolute atomic E-state index is 12.6. The molecule has 2 aromatic rings. The standard InChI is InChI=1S/C19H25N3O3/c1-12-16(25-18(21-12)19(3,4)5)10-11-17(24)22(13(2)23)15-8-6-14(20)7-9-15/h6-9H,10-11,20H2,1-5H3. The van der Waals surface area contributed by atoms with Crippen LogP contribution in [0.25, 0.3) is 0 Å². The quantitative estimate of drug-likeness (QED) is 0.860. The van der Waals surface area contributed by atoms with Crippen LogP contribution in [-0.4, -0.2) is 16.8 Å². The summed E-state index contributed by atoms with van der Waals surface area (Å²) in [6.45, 7) is 9.29. The number of amides is 2. The van der Waals surface area contributed by atoms with Crippen LogP contribution in [0, 0.1) is 6.92 Å². The number of rotatable bonds is 4. The summed E-state index contributed by atoms with van der Waals surface area (Å²) in [6, 6.07) is 6.64. The molecule has 1 heterocycles. The number of carbonyl (C=O) groups excluding carboxylic acids is 2. The largest absolute Gasteiger partial charge is 0.445 e. The second kappa shape index (κ2) is 7.09. The van der Waals surface area contributed by atoms with Crippen LogP contribution < -0.4 is 10.6 Å². The average Bonchev–Trinajstić information content (AvgIpc) is 2.88. The number of nitrogen functional groups attached to an aromatic ring is 1. The molecule has 0 unspecified atom stereocenters. The van der Waals surface area contributed by atoms with Crippen LogP contribution in [0.4, 0.5) is 11.4 Å². The molecule has 0 aliphatic rings. The highest BCUT2D eigenvalue weighted by atomic mass is 16.4. The Bertz CT molecular complexity index is 770. The van der Waals surface area contributed by atoms with Crippen molar-refractivity contribution in [2.75, 3.05) is 10.6 Å². The third-order valence-electron chi connectivity index (χ3n) is 3.82. The lowest BCUT2D eigenvalue weighted by molar-refractivity contribution is -0.125. The van der Waals surface area contributed by atoms with Crippen molar-refractivity contribution >= 4 is 23.2 Å². The van der Waals surface area contributed by atoms with Crippen molar-refractivity contribution in [3.63, 3.8) is 0 Å². The van der Waals surface area contributed by atoms with Crippen molar-refractivity contribution in [1.82, 2.24) is 4.98 Å². The second-order valence-corrected chi connectivity index (χ2v) is 7.12. The Morgan fingerprint density at radius 1 is 1.20 bits per heavy atom. The number of benzene rings is 1. The van der Waals surface area contributed by atoms with Gasteiger partial charge in [-0.05, 0) is 31.2 Å². The molecule has 0 aliphatic carbocycles. The van der Waals surface area contributed by atoms with Crippen molar-refractivity contribution in [3.8, 4) is 0 Å². The highest BCUT2D eigenvalue weighted by Gasteiger charge is 2.24. The summed E-state index contributed by atoms with van der Waals surface area (Å²) in [6.07, 6.45) is 0.552. The number of oxazole rings is 1. The van der Waals surface area contributed by atoms with Crippen LogP contribution in [0.2, 0.25) is 0 Å². The first-order valence-corrected chi connectivity index (χ1v) is 8.25. The van der Waals surface area contributed by atoms with Crippen LogP contribution in [0.3, 0.4) is 0 Å². The summed E-state index contributed by atoms with van der Waals surface area (Å²) in [5.74, 6) is 0.707. The molecule has 0 bridgehead atoms. The molecule has 2 N–H and O–H groups in total. The van der Waals surface area contributed by atoms with Gasteiger partial charge in [-0.25, -0.2) is 4.98 Å². The zero-order valence-electron chi connectivity index (χ0n) is 15.4. The Labute approximate surface area is 148 Å². The lowest BCUT2D eigenvalue weighted by Gasteiger charge is -2.19. The summed E-state index contributed by atoms with van der Waals surface area (Å²) in [5.41, 5.74) is 7.33. The van der Waals surface area contributed by atoms with E-state index >= 15 is 0 Å². The number of aryl methyl sites for hydroxylation is 2. The van der Waals surface area contributed by atoms with Gasteiger partial charge in [-0.2, -0.15) is 0 Å². The zero-order chi connectivity index (χ0) is 18.8. The summed E-state index contributed by atoms with van der Waals surface area (Å²) in [7, 11) is 0. The molecule has 6 heteroatoms. The van der Waals surface area contributed by atoms with E-state index in [-0.39, 0.29) is 23.7 Å². The minimum atomic E-state index is -0.334. The summed E-state index contributed by atoms with van der Waals surface area (Å²) >= 11 is 0. The fourth-order valence-electron chi connectivity index (χ4n) is 2.44. The molecule has 0 radical (unpaired) electrons. The summed E-state index contributed by atoms with van der Waals surface area (Å²) in [4.78, 5) is 30.1. The first-order chi connectivity index (χ1) is 11.6. The molecular weight excluding hydrogens is 318 g/mol. The minimum absolute atomic E-state index is 0.156. The van der Waals surface area contributed by atoms with Crippen molar-refractivity contribution in [1.29, 1.82) is 0 Å². The van der Waals surface area contributed by atoms with E-state index < -0.39 is 0 Å². The fourth-order valence-corrected chi connectivity index (χ4v) is 2.44. The van der Waals surface area contributed by atoms with Crippen molar-refractivity contribution in [3.05, 3.63) is 41.6 Å². The molecule has 0 spiro atoms. The van der Waals surface area contributed by atoms with E-state index in [1.165, 1.54) is 6.92 Å². The molecule has 2 rings (SSSR count). The summed E-state index contributed by atoms with van der Waals surface area (Å²) < 4.78 is 5.81. The monoisotopic (exact) mass is 343 g/mol. The molecule has 2 amide bonds. The van der Waals surface area contributed by atoms with Crippen LogP contribution in [0.5, 0.6) is 0 Å². The maximum Gasteiger partial charge on any atom is 0.234 e. The van der Waals surface area contributed by atoms with E-state index in [1.807, 2.05) is 27.7 Å². The van der Waals surface area contributed by atoms with Gasteiger partial charge in [-0.15, -0.1) is 0 Å². The van der Waals surface area contributed by atoms with Gasteiger partial charge in [0.25, 0.3) is 0 Å². The van der Waals surface area contributed by atoms with Crippen molar-refractivity contribution < 1.29 is 14.0 Å². The Kier molecular flexibility index (Phi) is 5.30. The molecule has 1 aromatic heterocycles. The van der Waals surface area contributed by atoms with Crippen LogP contribution in [0.15, 0.2) is 28.7 Å². The summed E-state index contributed by atoms with van der Waals surface area (Å²) in [5, 5.41) is 0. The SMILES string of the molecule is CC(=O)N(C(=O)CCc1oc(C(C)(C)C)nc1C)c1ccc(N)cc1. The first-order valence-electron chi connectivity index (χ1n) is 8.25. The molecule has 134 valence electrons. The zero-order valence-corrected chi connectivity index (χ0v) is 15.4. The van der Waals surface area contributed by atoms with Gasteiger partial charge in [0.1, 0.15) is 5.76 Å². The molecule has 6 nitrogen and oxygen atoms in total. The number of nitrogens with zero attached hydrogens (tertiary/aromatic N) is 2. The Hall–Kier alpha value is -2.63. The number of aromatic nitrogens is 1. The van der Waals surface area contributed by atoms with Gasteiger partial charge in [0, 0.05) is 30.9 Å². The highest BCUT2D eigenvalue weighted by molar-refractivity contribution is 6.14. The average molecular weight is 343 g/mol. The number of carbonyl (C=O) groups is 2. The van der Waals surface area contributed by atoms with Gasteiger partial charge in [-0.3, -0.25) is 14.5 Å². The number of imide groups is 1.